The summed E-state index contributed by atoms with van der Waals surface area (Å²) in [5, 5.41) is 3.62. The van der Waals surface area contributed by atoms with Crippen molar-refractivity contribution in [2.75, 3.05) is 13.1 Å². The fourth-order valence-electron chi connectivity index (χ4n) is 2.36. The second-order valence-corrected chi connectivity index (χ2v) is 5.31. The average Bonchev–Trinajstić information content (AvgIpc) is 2.30. The van der Waals surface area contributed by atoms with Crippen molar-refractivity contribution in [3.63, 3.8) is 0 Å². The van der Waals surface area contributed by atoms with Crippen molar-refractivity contribution in [2.45, 2.75) is 72.6 Å². The molecule has 1 nitrogen and oxygen atoms in total. The van der Waals surface area contributed by atoms with Gasteiger partial charge in [-0.05, 0) is 51.6 Å². The predicted octanol–water partition coefficient (Wildman–Crippen LogP) is 5.17. The highest BCUT2D eigenvalue weighted by Crippen LogP contribution is 2.22. The quantitative estimate of drug-likeness (QED) is 0.456. The SMILES string of the molecule is C.CCCCCCCNC[C@@H]1CC=C(C)CC1.[HH]. The highest BCUT2D eigenvalue weighted by atomic mass is 14.8. The van der Waals surface area contributed by atoms with Gasteiger partial charge in [0.1, 0.15) is 0 Å². The molecule has 0 aromatic carbocycles. The molecular weight excluding hydrogens is 206 g/mol. The maximum absolute atomic E-state index is 3.62. The molecular formula is C16H35N. The van der Waals surface area contributed by atoms with Crippen molar-refractivity contribution < 1.29 is 1.43 Å². The van der Waals surface area contributed by atoms with Crippen LogP contribution in [0.1, 0.15) is 74.1 Å². The molecule has 0 unspecified atom stereocenters. The molecule has 0 aromatic heterocycles. The summed E-state index contributed by atoms with van der Waals surface area (Å²) >= 11 is 0. The zero-order valence-electron chi connectivity index (χ0n) is 11.2. The smallest absolute Gasteiger partial charge is 0 e. The topological polar surface area (TPSA) is 12.0 Å². The lowest BCUT2D eigenvalue weighted by Gasteiger charge is -2.20. The molecule has 0 heterocycles. The minimum atomic E-state index is 0. The van der Waals surface area contributed by atoms with E-state index in [0.717, 1.165) is 5.92 Å². The molecule has 17 heavy (non-hydrogen) atoms. The molecule has 0 fully saturated rings. The average molecular weight is 241 g/mol. The number of nitrogens with one attached hydrogen (secondary N) is 1. The van der Waals surface area contributed by atoms with Crippen LogP contribution in [0, 0.1) is 5.92 Å². The van der Waals surface area contributed by atoms with Gasteiger partial charge in [-0.15, -0.1) is 0 Å². The van der Waals surface area contributed by atoms with E-state index in [1.165, 1.54) is 64.5 Å². The maximum Gasteiger partial charge on any atom is 0 e. The first kappa shape index (κ1) is 16.7. The van der Waals surface area contributed by atoms with Crippen molar-refractivity contribution in [3.05, 3.63) is 11.6 Å². The van der Waals surface area contributed by atoms with Crippen LogP contribution < -0.4 is 5.32 Å². The lowest BCUT2D eigenvalue weighted by atomic mass is 9.90. The van der Waals surface area contributed by atoms with E-state index in [1.807, 2.05) is 0 Å². The van der Waals surface area contributed by atoms with Crippen molar-refractivity contribution in [1.82, 2.24) is 5.32 Å². The van der Waals surface area contributed by atoms with Crippen LogP contribution in [0.15, 0.2) is 11.6 Å². The van der Waals surface area contributed by atoms with Gasteiger partial charge in [-0.2, -0.15) is 0 Å². The third-order valence-corrected chi connectivity index (χ3v) is 3.64. The van der Waals surface area contributed by atoms with Gasteiger partial charge in [0.25, 0.3) is 0 Å². The van der Waals surface area contributed by atoms with Crippen LogP contribution in [0.25, 0.3) is 0 Å². The molecule has 1 atom stereocenters. The summed E-state index contributed by atoms with van der Waals surface area (Å²) in [6, 6.07) is 0. The summed E-state index contributed by atoms with van der Waals surface area (Å²) in [6.07, 6.45) is 13.4. The Morgan fingerprint density at radius 2 is 2.06 bits per heavy atom. The summed E-state index contributed by atoms with van der Waals surface area (Å²) in [7, 11) is 0. The second kappa shape index (κ2) is 10.8. The molecule has 0 bridgehead atoms. The fourth-order valence-corrected chi connectivity index (χ4v) is 2.36. The van der Waals surface area contributed by atoms with Crippen molar-refractivity contribution >= 4 is 0 Å². The van der Waals surface area contributed by atoms with Crippen LogP contribution in [0.5, 0.6) is 0 Å². The van der Waals surface area contributed by atoms with Crippen molar-refractivity contribution in [3.8, 4) is 0 Å². The Balaban J connectivity index is 0. The van der Waals surface area contributed by atoms with Crippen molar-refractivity contribution in [2.24, 2.45) is 5.92 Å². The van der Waals surface area contributed by atoms with E-state index in [2.05, 4.69) is 25.2 Å². The largest absolute Gasteiger partial charge is 0.316 e. The number of unbranched alkanes of at least 4 members (excludes halogenated alkanes) is 4. The second-order valence-electron chi connectivity index (χ2n) is 5.31. The normalized spacial score (nSPS) is 19.6. The molecule has 104 valence electrons. The number of allylic oxidation sites excluding steroid dienone is 2. The van der Waals surface area contributed by atoms with Gasteiger partial charge < -0.3 is 5.32 Å². The Bertz CT molecular complexity index is 201. The Labute approximate surface area is 111 Å². The standard InChI is InChI=1S/C15H29N.CH4.H2/c1-3-4-5-6-7-12-16-13-15-10-8-14(2)9-11-15;;/h8,15-16H,3-7,9-13H2,1-2H3;1H4;1H/t15-;;/m1../s1. The summed E-state index contributed by atoms with van der Waals surface area (Å²) in [4.78, 5) is 0. The van der Waals surface area contributed by atoms with Gasteiger partial charge in [-0.25, -0.2) is 0 Å². The van der Waals surface area contributed by atoms with Crippen LogP contribution in [0.2, 0.25) is 0 Å². The van der Waals surface area contributed by atoms with Crippen LogP contribution in [-0.2, 0) is 0 Å². The van der Waals surface area contributed by atoms with Gasteiger partial charge >= 0.3 is 0 Å². The van der Waals surface area contributed by atoms with Gasteiger partial charge in [0, 0.05) is 1.43 Å². The minimum Gasteiger partial charge on any atom is -0.316 e. The summed E-state index contributed by atoms with van der Waals surface area (Å²) in [6.45, 7) is 6.99. The molecule has 0 saturated heterocycles. The highest BCUT2D eigenvalue weighted by Gasteiger charge is 2.11. The van der Waals surface area contributed by atoms with Gasteiger partial charge in [0.15, 0.2) is 0 Å². The van der Waals surface area contributed by atoms with E-state index in [-0.39, 0.29) is 8.85 Å². The van der Waals surface area contributed by atoms with Gasteiger partial charge in [0.2, 0.25) is 0 Å². The Morgan fingerprint density at radius 3 is 2.71 bits per heavy atom. The van der Waals surface area contributed by atoms with E-state index in [1.54, 1.807) is 5.57 Å². The molecule has 0 amide bonds. The van der Waals surface area contributed by atoms with Crippen LogP contribution in [0.3, 0.4) is 0 Å². The first-order valence-corrected chi connectivity index (χ1v) is 7.19. The van der Waals surface area contributed by atoms with Gasteiger partial charge in [0.05, 0.1) is 0 Å². The minimum absolute atomic E-state index is 0. The Hall–Kier alpha value is -0.300. The van der Waals surface area contributed by atoms with Crippen LogP contribution in [0.4, 0.5) is 0 Å². The molecule has 0 spiro atoms. The number of rotatable bonds is 8. The summed E-state index contributed by atoms with van der Waals surface area (Å²) < 4.78 is 0. The Kier molecular flexibility index (Phi) is 10.6. The van der Waals surface area contributed by atoms with E-state index < -0.39 is 0 Å². The summed E-state index contributed by atoms with van der Waals surface area (Å²) in [5.74, 6) is 0.902. The number of hydrogen-bond acceptors (Lipinski definition) is 1. The molecule has 0 radical (unpaired) electrons. The molecule has 1 rings (SSSR count). The molecule has 0 aliphatic heterocycles. The molecule has 1 aliphatic carbocycles. The molecule has 1 N–H and O–H groups in total. The van der Waals surface area contributed by atoms with Crippen LogP contribution in [-0.4, -0.2) is 13.1 Å². The lowest BCUT2D eigenvalue weighted by molar-refractivity contribution is 0.429. The van der Waals surface area contributed by atoms with Gasteiger partial charge in [-0.1, -0.05) is 51.7 Å². The monoisotopic (exact) mass is 241 g/mol. The third-order valence-electron chi connectivity index (χ3n) is 3.64. The van der Waals surface area contributed by atoms with E-state index >= 15 is 0 Å². The fraction of sp³-hybridized carbons (Fsp3) is 0.875. The van der Waals surface area contributed by atoms with Crippen molar-refractivity contribution in [1.29, 1.82) is 0 Å². The third kappa shape index (κ3) is 8.43. The van der Waals surface area contributed by atoms with E-state index in [0.29, 0.717) is 0 Å². The molecule has 1 aliphatic rings. The van der Waals surface area contributed by atoms with E-state index in [9.17, 15) is 0 Å². The lowest BCUT2D eigenvalue weighted by Crippen LogP contribution is -2.24. The number of hydrogen-bond donors (Lipinski definition) is 1. The predicted molar refractivity (Wildman–Crippen MR) is 81.6 cm³/mol. The summed E-state index contributed by atoms with van der Waals surface area (Å²) in [5.41, 5.74) is 1.59. The van der Waals surface area contributed by atoms with Crippen LogP contribution >= 0.6 is 0 Å². The first-order valence-electron chi connectivity index (χ1n) is 7.19. The molecule has 0 aromatic rings. The Morgan fingerprint density at radius 1 is 1.29 bits per heavy atom. The zero-order valence-corrected chi connectivity index (χ0v) is 11.2. The highest BCUT2D eigenvalue weighted by molar-refractivity contribution is 5.02. The molecule has 1 heteroatoms. The first-order chi connectivity index (χ1) is 7.83. The molecule has 0 saturated carbocycles. The van der Waals surface area contributed by atoms with E-state index in [4.69, 9.17) is 0 Å². The zero-order chi connectivity index (χ0) is 11.6. The maximum atomic E-state index is 3.62. The van der Waals surface area contributed by atoms with Gasteiger partial charge in [-0.3, -0.25) is 0 Å².